The first-order chi connectivity index (χ1) is 12.2. The predicted molar refractivity (Wildman–Crippen MR) is 97.6 cm³/mol. The van der Waals surface area contributed by atoms with Gasteiger partial charge in [-0.05, 0) is 41.5 Å². The number of nitrogens with one attached hydrogen (secondary N) is 1. The van der Waals surface area contributed by atoms with Crippen LogP contribution < -0.4 is 5.32 Å². The SMILES string of the molecule is COC(=O)c1ccc(NC(=O)c2ccccc2-c2ccccc2)cc1. The molecular weight excluding hydrogens is 314 g/mol. The number of methoxy groups -OCH3 is 1. The van der Waals surface area contributed by atoms with Crippen LogP contribution >= 0.6 is 0 Å². The van der Waals surface area contributed by atoms with Crippen molar-refractivity contribution in [1.29, 1.82) is 0 Å². The van der Waals surface area contributed by atoms with Crippen LogP contribution in [0.15, 0.2) is 78.9 Å². The quantitative estimate of drug-likeness (QED) is 0.721. The number of rotatable bonds is 4. The lowest BCUT2D eigenvalue weighted by Gasteiger charge is -2.11. The van der Waals surface area contributed by atoms with Crippen molar-refractivity contribution in [2.75, 3.05) is 12.4 Å². The van der Waals surface area contributed by atoms with Gasteiger partial charge in [0.25, 0.3) is 5.91 Å². The fraction of sp³-hybridized carbons (Fsp3) is 0.0476. The highest BCUT2D eigenvalue weighted by atomic mass is 16.5. The van der Waals surface area contributed by atoms with Crippen LogP contribution in [0.3, 0.4) is 0 Å². The molecule has 0 aliphatic heterocycles. The summed E-state index contributed by atoms with van der Waals surface area (Å²) in [6.45, 7) is 0. The van der Waals surface area contributed by atoms with Gasteiger partial charge < -0.3 is 10.1 Å². The summed E-state index contributed by atoms with van der Waals surface area (Å²) in [4.78, 5) is 24.1. The molecule has 25 heavy (non-hydrogen) atoms. The zero-order chi connectivity index (χ0) is 17.6. The fourth-order valence-corrected chi connectivity index (χ4v) is 2.56. The van der Waals surface area contributed by atoms with Crippen LogP contribution in [-0.4, -0.2) is 19.0 Å². The number of carbonyl (C=O) groups is 2. The average molecular weight is 331 g/mol. The van der Waals surface area contributed by atoms with Crippen molar-refractivity contribution in [3.8, 4) is 11.1 Å². The van der Waals surface area contributed by atoms with E-state index in [9.17, 15) is 9.59 Å². The van der Waals surface area contributed by atoms with E-state index in [0.717, 1.165) is 11.1 Å². The first-order valence-corrected chi connectivity index (χ1v) is 7.83. The van der Waals surface area contributed by atoms with Crippen LogP contribution in [0.1, 0.15) is 20.7 Å². The van der Waals surface area contributed by atoms with E-state index in [4.69, 9.17) is 0 Å². The zero-order valence-electron chi connectivity index (χ0n) is 13.7. The van der Waals surface area contributed by atoms with Gasteiger partial charge in [-0.15, -0.1) is 0 Å². The van der Waals surface area contributed by atoms with Crippen molar-refractivity contribution < 1.29 is 14.3 Å². The van der Waals surface area contributed by atoms with Crippen molar-refractivity contribution in [2.24, 2.45) is 0 Å². The third kappa shape index (κ3) is 3.75. The van der Waals surface area contributed by atoms with Gasteiger partial charge in [0.05, 0.1) is 12.7 Å². The Balaban J connectivity index is 1.84. The summed E-state index contributed by atoms with van der Waals surface area (Å²) < 4.78 is 4.66. The van der Waals surface area contributed by atoms with Gasteiger partial charge >= 0.3 is 5.97 Å². The summed E-state index contributed by atoms with van der Waals surface area (Å²) in [6, 6.07) is 23.8. The van der Waals surface area contributed by atoms with Crippen molar-refractivity contribution in [3.63, 3.8) is 0 Å². The molecule has 0 saturated carbocycles. The van der Waals surface area contributed by atoms with E-state index in [-0.39, 0.29) is 5.91 Å². The van der Waals surface area contributed by atoms with Crippen molar-refractivity contribution in [1.82, 2.24) is 0 Å². The zero-order valence-corrected chi connectivity index (χ0v) is 13.7. The molecule has 0 aliphatic rings. The highest BCUT2D eigenvalue weighted by Gasteiger charge is 2.13. The largest absolute Gasteiger partial charge is 0.465 e. The summed E-state index contributed by atoms with van der Waals surface area (Å²) in [5.41, 5.74) is 3.48. The van der Waals surface area contributed by atoms with Crippen molar-refractivity contribution in [3.05, 3.63) is 90.0 Å². The van der Waals surface area contributed by atoms with Gasteiger partial charge in [0, 0.05) is 11.3 Å². The van der Waals surface area contributed by atoms with Gasteiger partial charge in [-0.2, -0.15) is 0 Å². The van der Waals surface area contributed by atoms with Crippen LogP contribution in [0, 0.1) is 0 Å². The van der Waals surface area contributed by atoms with Crippen LogP contribution in [0.25, 0.3) is 11.1 Å². The molecule has 0 saturated heterocycles. The summed E-state index contributed by atoms with van der Waals surface area (Å²) in [6.07, 6.45) is 0. The van der Waals surface area contributed by atoms with Crippen LogP contribution in [0.2, 0.25) is 0 Å². The maximum atomic E-state index is 12.7. The molecule has 4 nitrogen and oxygen atoms in total. The number of hydrogen-bond acceptors (Lipinski definition) is 3. The molecule has 1 N–H and O–H groups in total. The van der Waals surface area contributed by atoms with Gasteiger partial charge in [0.2, 0.25) is 0 Å². The van der Waals surface area contributed by atoms with Crippen molar-refractivity contribution in [2.45, 2.75) is 0 Å². The van der Waals surface area contributed by atoms with E-state index in [0.29, 0.717) is 16.8 Å². The van der Waals surface area contributed by atoms with E-state index in [2.05, 4.69) is 10.1 Å². The number of ether oxygens (including phenoxy) is 1. The Labute approximate surface area is 146 Å². The molecule has 4 heteroatoms. The molecule has 3 aromatic carbocycles. The van der Waals surface area contributed by atoms with Gasteiger partial charge in [-0.25, -0.2) is 4.79 Å². The van der Waals surface area contributed by atoms with E-state index in [1.807, 2.05) is 48.5 Å². The number of hydrogen-bond donors (Lipinski definition) is 1. The Morgan fingerprint density at radius 1 is 0.800 bits per heavy atom. The maximum Gasteiger partial charge on any atom is 0.337 e. The second kappa shape index (κ2) is 7.45. The first kappa shape index (κ1) is 16.5. The Bertz CT molecular complexity index is 887. The molecule has 3 rings (SSSR count). The summed E-state index contributed by atoms with van der Waals surface area (Å²) in [5.74, 6) is -0.613. The van der Waals surface area contributed by atoms with Gasteiger partial charge in [-0.1, -0.05) is 48.5 Å². The fourth-order valence-electron chi connectivity index (χ4n) is 2.56. The minimum Gasteiger partial charge on any atom is -0.465 e. The molecule has 124 valence electrons. The second-order valence-corrected chi connectivity index (χ2v) is 5.43. The second-order valence-electron chi connectivity index (χ2n) is 5.43. The lowest BCUT2D eigenvalue weighted by Crippen LogP contribution is -2.13. The average Bonchev–Trinajstić information content (AvgIpc) is 2.68. The molecule has 0 atom stereocenters. The molecule has 1 amide bonds. The summed E-state index contributed by atoms with van der Waals surface area (Å²) in [7, 11) is 1.33. The third-order valence-corrected chi connectivity index (χ3v) is 3.82. The number of esters is 1. The molecule has 0 unspecified atom stereocenters. The van der Waals surface area contributed by atoms with Crippen LogP contribution in [0.5, 0.6) is 0 Å². The highest BCUT2D eigenvalue weighted by Crippen LogP contribution is 2.24. The normalized spacial score (nSPS) is 10.1. The van der Waals surface area contributed by atoms with Crippen LogP contribution in [-0.2, 0) is 4.74 Å². The molecule has 0 aliphatic carbocycles. The summed E-state index contributed by atoms with van der Waals surface area (Å²) in [5, 5.41) is 2.86. The topological polar surface area (TPSA) is 55.4 Å². The Kier molecular flexibility index (Phi) is 4.90. The molecule has 0 spiro atoms. The third-order valence-electron chi connectivity index (χ3n) is 3.82. The number of anilines is 1. The Hall–Kier alpha value is -3.40. The minimum atomic E-state index is -0.410. The highest BCUT2D eigenvalue weighted by molar-refractivity contribution is 6.08. The molecule has 0 radical (unpaired) electrons. The van der Waals surface area contributed by atoms with E-state index in [1.165, 1.54) is 7.11 Å². The molecule has 0 aromatic heterocycles. The maximum absolute atomic E-state index is 12.7. The van der Waals surface area contributed by atoms with Gasteiger partial charge in [0.1, 0.15) is 0 Å². The number of carbonyl (C=O) groups excluding carboxylic acids is 2. The predicted octanol–water partition coefficient (Wildman–Crippen LogP) is 4.39. The van der Waals surface area contributed by atoms with E-state index >= 15 is 0 Å². The molecule has 0 fully saturated rings. The van der Waals surface area contributed by atoms with Crippen LogP contribution in [0.4, 0.5) is 5.69 Å². The summed E-state index contributed by atoms with van der Waals surface area (Å²) >= 11 is 0. The lowest BCUT2D eigenvalue weighted by atomic mass is 9.99. The lowest BCUT2D eigenvalue weighted by molar-refractivity contribution is 0.0600. The van der Waals surface area contributed by atoms with Gasteiger partial charge in [0.15, 0.2) is 0 Å². The number of benzene rings is 3. The van der Waals surface area contributed by atoms with Crippen molar-refractivity contribution >= 4 is 17.6 Å². The smallest absolute Gasteiger partial charge is 0.337 e. The first-order valence-electron chi connectivity index (χ1n) is 7.83. The van der Waals surface area contributed by atoms with Gasteiger partial charge in [-0.3, -0.25) is 4.79 Å². The molecule has 0 bridgehead atoms. The standard InChI is InChI=1S/C21H17NO3/c1-25-21(24)16-11-13-17(14-12-16)22-20(23)19-10-6-5-9-18(19)15-7-3-2-4-8-15/h2-14H,1H3,(H,22,23). The molecular formula is C21H17NO3. The minimum absolute atomic E-state index is 0.203. The van der Waals surface area contributed by atoms with E-state index < -0.39 is 5.97 Å². The van der Waals surface area contributed by atoms with E-state index in [1.54, 1.807) is 30.3 Å². The monoisotopic (exact) mass is 331 g/mol. The molecule has 0 heterocycles. The molecule has 3 aromatic rings. The Morgan fingerprint density at radius 2 is 1.44 bits per heavy atom. The number of amides is 1. The Morgan fingerprint density at radius 3 is 2.12 bits per heavy atom.